The summed E-state index contributed by atoms with van der Waals surface area (Å²) in [5, 5.41) is 4.71. The number of unbranched alkanes of at least 4 members (excludes halogenated alkanes) is 1. The predicted molar refractivity (Wildman–Crippen MR) is 77.4 cm³/mol. The van der Waals surface area contributed by atoms with Gasteiger partial charge in [-0.25, -0.2) is 0 Å². The van der Waals surface area contributed by atoms with E-state index in [2.05, 4.69) is 53.1 Å². The number of benzene rings is 1. The molecule has 2 rings (SSSR count). The zero-order chi connectivity index (χ0) is 12.8. The summed E-state index contributed by atoms with van der Waals surface area (Å²) in [5.74, 6) is 2.71. The van der Waals surface area contributed by atoms with Crippen molar-refractivity contribution in [1.82, 2.24) is 9.88 Å². The summed E-state index contributed by atoms with van der Waals surface area (Å²) in [6.07, 6.45) is 7.20. The molecule has 0 saturated carbocycles. The Morgan fingerprint density at radius 3 is 2.94 bits per heavy atom. The summed E-state index contributed by atoms with van der Waals surface area (Å²) in [6, 6.07) is 10.8. The number of aromatic nitrogens is 1. The molecule has 0 radical (unpaired) electrons. The van der Waals surface area contributed by atoms with Gasteiger partial charge in [0.25, 0.3) is 0 Å². The molecular formula is C16H20N2. The van der Waals surface area contributed by atoms with E-state index >= 15 is 0 Å². The van der Waals surface area contributed by atoms with Crippen LogP contribution in [0.3, 0.4) is 0 Å². The van der Waals surface area contributed by atoms with Crippen LogP contribution < -0.4 is 5.32 Å². The molecule has 1 aromatic heterocycles. The monoisotopic (exact) mass is 240 g/mol. The highest BCUT2D eigenvalue weighted by molar-refractivity contribution is 5.81. The van der Waals surface area contributed by atoms with Gasteiger partial charge in [-0.15, -0.1) is 12.3 Å². The van der Waals surface area contributed by atoms with Gasteiger partial charge in [0.15, 0.2) is 0 Å². The van der Waals surface area contributed by atoms with Crippen LogP contribution in [0.5, 0.6) is 0 Å². The van der Waals surface area contributed by atoms with Gasteiger partial charge in [-0.3, -0.25) is 0 Å². The van der Waals surface area contributed by atoms with Crippen molar-refractivity contribution >= 4 is 10.9 Å². The van der Waals surface area contributed by atoms with Gasteiger partial charge >= 0.3 is 0 Å². The minimum Gasteiger partial charge on any atom is -0.343 e. The average Bonchev–Trinajstić information content (AvgIpc) is 2.75. The molecule has 0 unspecified atom stereocenters. The summed E-state index contributed by atoms with van der Waals surface area (Å²) >= 11 is 0. The van der Waals surface area contributed by atoms with Crippen LogP contribution in [0.2, 0.25) is 0 Å². The number of hydrogen-bond acceptors (Lipinski definition) is 1. The molecule has 1 N–H and O–H groups in total. The SMILES string of the molecule is C#CCCCn1c(CNCC)cc2ccccc21. The molecule has 0 spiro atoms. The summed E-state index contributed by atoms with van der Waals surface area (Å²) in [5.41, 5.74) is 2.65. The first-order valence-electron chi connectivity index (χ1n) is 6.58. The van der Waals surface area contributed by atoms with Crippen molar-refractivity contribution in [1.29, 1.82) is 0 Å². The first-order chi connectivity index (χ1) is 8.86. The second-order valence-electron chi connectivity index (χ2n) is 4.43. The van der Waals surface area contributed by atoms with Gasteiger partial charge in [-0.05, 0) is 30.5 Å². The number of aryl methyl sites for hydroxylation is 1. The molecule has 2 aromatic rings. The van der Waals surface area contributed by atoms with E-state index in [-0.39, 0.29) is 0 Å². The molecule has 1 heterocycles. The van der Waals surface area contributed by atoms with Crippen LogP contribution in [-0.2, 0) is 13.1 Å². The third-order valence-corrected chi connectivity index (χ3v) is 3.16. The van der Waals surface area contributed by atoms with E-state index < -0.39 is 0 Å². The Kier molecular flexibility index (Phi) is 4.44. The first kappa shape index (κ1) is 12.7. The third kappa shape index (κ3) is 2.75. The lowest BCUT2D eigenvalue weighted by Gasteiger charge is -2.10. The van der Waals surface area contributed by atoms with Crippen LogP contribution in [-0.4, -0.2) is 11.1 Å². The highest BCUT2D eigenvalue weighted by Gasteiger charge is 2.07. The number of nitrogens with one attached hydrogen (secondary N) is 1. The fourth-order valence-electron chi connectivity index (χ4n) is 2.27. The largest absolute Gasteiger partial charge is 0.343 e. The molecule has 0 fully saturated rings. The topological polar surface area (TPSA) is 17.0 Å². The Balaban J connectivity index is 2.29. The molecule has 18 heavy (non-hydrogen) atoms. The van der Waals surface area contributed by atoms with Gasteiger partial charge in [-0.2, -0.15) is 0 Å². The lowest BCUT2D eigenvalue weighted by molar-refractivity contribution is 0.614. The van der Waals surface area contributed by atoms with Crippen molar-refractivity contribution in [2.75, 3.05) is 6.54 Å². The van der Waals surface area contributed by atoms with Gasteiger partial charge in [0.05, 0.1) is 0 Å². The maximum absolute atomic E-state index is 5.33. The molecule has 2 heteroatoms. The van der Waals surface area contributed by atoms with Gasteiger partial charge in [0.1, 0.15) is 0 Å². The number of terminal acetylenes is 1. The highest BCUT2D eigenvalue weighted by atomic mass is 15.0. The van der Waals surface area contributed by atoms with Gasteiger partial charge < -0.3 is 9.88 Å². The van der Waals surface area contributed by atoms with Crippen molar-refractivity contribution in [3.63, 3.8) is 0 Å². The van der Waals surface area contributed by atoms with E-state index in [9.17, 15) is 0 Å². The number of hydrogen-bond donors (Lipinski definition) is 1. The molecule has 94 valence electrons. The Hall–Kier alpha value is -1.72. The summed E-state index contributed by atoms with van der Waals surface area (Å²) in [7, 11) is 0. The number of rotatable bonds is 6. The zero-order valence-electron chi connectivity index (χ0n) is 10.9. The van der Waals surface area contributed by atoms with E-state index in [0.29, 0.717) is 0 Å². The van der Waals surface area contributed by atoms with Crippen molar-refractivity contribution in [3.05, 3.63) is 36.0 Å². The number of para-hydroxylation sites is 1. The Bertz CT molecular complexity index is 546. The van der Waals surface area contributed by atoms with Crippen LogP contribution in [0, 0.1) is 12.3 Å². The van der Waals surface area contributed by atoms with Crippen LogP contribution in [0.15, 0.2) is 30.3 Å². The van der Waals surface area contributed by atoms with Crippen molar-refractivity contribution < 1.29 is 0 Å². The average molecular weight is 240 g/mol. The maximum atomic E-state index is 5.33. The molecule has 0 bridgehead atoms. The van der Waals surface area contributed by atoms with E-state index in [4.69, 9.17) is 6.42 Å². The lowest BCUT2D eigenvalue weighted by Crippen LogP contribution is -2.15. The quantitative estimate of drug-likeness (QED) is 0.606. The summed E-state index contributed by atoms with van der Waals surface area (Å²) in [4.78, 5) is 0. The third-order valence-electron chi connectivity index (χ3n) is 3.16. The minimum atomic E-state index is 0.840. The summed E-state index contributed by atoms with van der Waals surface area (Å²) in [6.45, 7) is 5.04. The van der Waals surface area contributed by atoms with Crippen molar-refractivity contribution in [2.45, 2.75) is 32.9 Å². The van der Waals surface area contributed by atoms with Gasteiger partial charge in [0.2, 0.25) is 0 Å². The van der Waals surface area contributed by atoms with Crippen LogP contribution in [0.4, 0.5) is 0 Å². The maximum Gasteiger partial charge on any atom is 0.0482 e. The van der Waals surface area contributed by atoms with Crippen LogP contribution in [0.1, 0.15) is 25.5 Å². The molecule has 0 aliphatic carbocycles. The Labute approximate surface area is 109 Å². The lowest BCUT2D eigenvalue weighted by atomic mass is 10.2. The number of nitrogens with zero attached hydrogens (tertiary/aromatic N) is 1. The highest BCUT2D eigenvalue weighted by Crippen LogP contribution is 2.20. The Morgan fingerprint density at radius 1 is 1.33 bits per heavy atom. The van der Waals surface area contributed by atoms with Gasteiger partial charge in [-0.1, -0.05) is 25.1 Å². The second kappa shape index (κ2) is 6.28. The van der Waals surface area contributed by atoms with Crippen molar-refractivity contribution in [2.24, 2.45) is 0 Å². The second-order valence-corrected chi connectivity index (χ2v) is 4.43. The first-order valence-corrected chi connectivity index (χ1v) is 6.58. The van der Waals surface area contributed by atoms with Crippen molar-refractivity contribution in [3.8, 4) is 12.3 Å². The fourth-order valence-corrected chi connectivity index (χ4v) is 2.27. The molecule has 0 aliphatic rings. The Morgan fingerprint density at radius 2 is 2.17 bits per heavy atom. The van der Waals surface area contributed by atoms with Gasteiger partial charge in [0, 0.05) is 30.7 Å². The molecule has 1 aromatic carbocycles. The van der Waals surface area contributed by atoms with E-state index in [1.54, 1.807) is 0 Å². The molecule has 0 saturated heterocycles. The van der Waals surface area contributed by atoms with Crippen LogP contribution in [0.25, 0.3) is 10.9 Å². The van der Waals surface area contributed by atoms with E-state index in [1.165, 1.54) is 16.6 Å². The predicted octanol–water partition coefficient (Wildman–Crippen LogP) is 3.16. The molecule has 0 amide bonds. The molecule has 0 aliphatic heterocycles. The fraction of sp³-hybridized carbons (Fsp3) is 0.375. The van der Waals surface area contributed by atoms with E-state index in [1.807, 2.05) is 0 Å². The molecular weight excluding hydrogens is 220 g/mol. The van der Waals surface area contributed by atoms with E-state index in [0.717, 1.165) is 32.5 Å². The number of fused-ring (bicyclic) bond motifs is 1. The zero-order valence-corrected chi connectivity index (χ0v) is 10.9. The molecule has 0 atom stereocenters. The van der Waals surface area contributed by atoms with Crippen LogP contribution >= 0.6 is 0 Å². The minimum absolute atomic E-state index is 0.840. The normalized spacial score (nSPS) is 10.7. The summed E-state index contributed by atoms with van der Waals surface area (Å²) < 4.78 is 2.38. The standard InChI is InChI=1S/C16H20N2/c1-3-5-8-11-18-15(13-17-4-2)12-14-9-6-7-10-16(14)18/h1,6-7,9-10,12,17H,4-5,8,11,13H2,2H3. The molecule has 2 nitrogen and oxygen atoms in total. The smallest absolute Gasteiger partial charge is 0.0482 e.